The third kappa shape index (κ3) is 6.74. The zero-order chi connectivity index (χ0) is 31.4. The second-order valence-corrected chi connectivity index (χ2v) is 13.3. The molecule has 0 aliphatic carbocycles. The highest BCUT2D eigenvalue weighted by atomic mass is 35.5. The Labute approximate surface area is 267 Å². The number of benzene rings is 4. The van der Waals surface area contributed by atoms with E-state index in [9.17, 15) is 18.0 Å². The van der Waals surface area contributed by atoms with Crippen molar-refractivity contribution in [3.8, 4) is 0 Å². The fraction of sp³-hybridized carbons (Fsp3) is 0.176. The van der Waals surface area contributed by atoms with E-state index >= 15 is 0 Å². The molecule has 2 amide bonds. The molecule has 1 aliphatic rings. The van der Waals surface area contributed by atoms with Crippen LogP contribution in [0.4, 0.5) is 0 Å². The smallest absolute Gasteiger partial charge is 0.249 e. The van der Waals surface area contributed by atoms with Gasteiger partial charge in [-0.25, -0.2) is 8.42 Å². The molecule has 3 atom stereocenters. The van der Waals surface area contributed by atoms with E-state index in [0.717, 1.165) is 5.56 Å². The molecule has 0 spiro atoms. The summed E-state index contributed by atoms with van der Waals surface area (Å²) in [7, 11) is -4.23. The van der Waals surface area contributed by atoms with Gasteiger partial charge >= 0.3 is 0 Å². The fourth-order valence-corrected chi connectivity index (χ4v) is 7.87. The molecule has 0 radical (unpaired) electrons. The van der Waals surface area contributed by atoms with Crippen molar-refractivity contribution in [2.24, 2.45) is 5.73 Å². The largest absolute Gasteiger partial charge is 0.368 e. The van der Waals surface area contributed by atoms with Gasteiger partial charge in [0.15, 0.2) is 0 Å². The van der Waals surface area contributed by atoms with E-state index in [-0.39, 0.29) is 23.3 Å². The predicted octanol–water partition coefficient (Wildman–Crippen LogP) is 6.32. The number of halogens is 2. The first-order chi connectivity index (χ1) is 21.1. The van der Waals surface area contributed by atoms with Crippen molar-refractivity contribution in [3.05, 3.63) is 147 Å². The van der Waals surface area contributed by atoms with Gasteiger partial charge in [0.25, 0.3) is 0 Å². The molecule has 1 aliphatic heterocycles. The summed E-state index contributed by atoms with van der Waals surface area (Å²) in [6, 6.07) is 26.9. The summed E-state index contributed by atoms with van der Waals surface area (Å²) < 4.78 is 30.8. The Morgan fingerprint density at radius 2 is 1.57 bits per heavy atom. The molecule has 7 nitrogen and oxygen atoms in total. The number of carbonyl (C=O) groups excluding carboxylic acids is 2. The van der Waals surface area contributed by atoms with Crippen LogP contribution in [-0.2, 0) is 26.0 Å². The second-order valence-electron chi connectivity index (χ2n) is 10.6. The first kappa shape index (κ1) is 31.5. The van der Waals surface area contributed by atoms with Gasteiger partial charge in [0, 0.05) is 22.0 Å². The normalized spacial score (nSPS) is 17.8. The van der Waals surface area contributed by atoms with E-state index in [1.165, 1.54) is 4.31 Å². The molecule has 4 aromatic carbocycles. The number of nitrogens with two attached hydrogens (primary N) is 1. The Hall–Kier alpha value is -3.95. The quantitative estimate of drug-likeness (QED) is 0.222. The molecule has 1 heterocycles. The highest BCUT2D eigenvalue weighted by Gasteiger charge is 2.45. The van der Waals surface area contributed by atoms with Crippen molar-refractivity contribution < 1.29 is 18.0 Å². The van der Waals surface area contributed by atoms with Gasteiger partial charge in [0.05, 0.1) is 17.0 Å². The predicted molar refractivity (Wildman–Crippen MR) is 173 cm³/mol. The highest BCUT2D eigenvalue weighted by molar-refractivity contribution is 7.89. The molecular formula is C34H31Cl2N3O4S. The number of aryl methyl sites for hydroxylation is 1. The minimum Gasteiger partial charge on any atom is -0.368 e. The Balaban J connectivity index is 1.66. The molecule has 44 heavy (non-hydrogen) atoms. The van der Waals surface area contributed by atoms with E-state index in [0.29, 0.717) is 26.7 Å². The lowest BCUT2D eigenvalue weighted by Gasteiger charge is -2.41. The van der Waals surface area contributed by atoms with Gasteiger partial charge in [-0.2, -0.15) is 4.31 Å². The van der Waals surface area contributed by atoms with Gasteiger partial charge in [-0.15, -0.1) is 0 Å². The Kier molecular flexibility index (Phi) is 9.56. The maximum atomic E-state index is 14.7. The number of rotatable bonds is 9. The molecule has 0 fully saturated rings. The van der Waals surface area contributed by atoms with Crippen LogP contribution in [0.1, 0.15) is 40.8 Å². The number of carbonyl (C=O) groups is 2. The molecule has 0 saturated carbocycles. The van der Waals surface area contributed by atoms with E-state index in [2.05, 4.69) is 5.32 Å². The minimum absolute atomic E-state index is 0.117. The SMILES string of the molecule is Cc1ccccc1S(=O)(=O)N1C(c2ccc(Cl)cc2)CC=C(C(=O)N[C@@H](Cc2ccccc2)C(N)=O)C1c1cccc(Cl)c1. The molecule has 0 aromatic heterocycles. The van der Waals surface area contributed by atoms with Gasteiger partial charge in [0.1, 0.15) is 6.04 Å². The number of sulfonamides is 1. The Morgan fingerprint density at radius 3 is 2.23 bits per heavy atom. The number of nitrogens with zero attached hydrogens (tertiary/aromatic N) is 1. The zero-order valence-electron chi connectivity index (χ0n) is 23.9. The molecule has 0 saturated heterocycles. The highest BCUT2D eigenvalue weighted by Crippen LogP contribution is 2.46. The lowest BCUT2D eigenvalue weighted by molar-refractivity contribution is -0.125. The maximum Gasteiger partial charge on any atom is 0.249 e. The van der Waals surface area contributed by atoms with Crippen LogP contribution in [-0.4, -0.2) is 30.6 Å². The van der Waals surface area contributed by atoms with E-state index in [1.807, 2.05) is 30.3 Å². The third-order valence-electron chi connectivity index (χ3n) is 7.68. The summed E-state index contributed by atoms with van der Waals surface area (Å²) in [6.07, 6.45) is 2.09. The molecule has 10 heteroatoms. The van der Waals surface area contributed by atoms with Crippen molar-refractivity contribution in [2.75, 3.05) is 0 Å². The monoisotopic (exact) mass is 647 g/mol. The molecule has 226 valence electrons. The summed E-state index contributed by atoms with van der Waals surface area (Å²) in [6.45, 7) is 1.73. The van der Waals surface area contributed by atoms with Gasteiger partial charge in [-0.3, -0.25) is 9.59 Å². The first-order valence-electron chi connectivity index (χ1n) is 14.0. The van der Waals surface area contributed by atoms with E-state index in [1.54, 1.807) is 85.8 Å². The molecule has 3 N–H and O–H groups in total. The summed E-state index contributed by atoms with van der Waals surface area (Å²) >= 11 is 12.6. The Bertz CT molecular complexity index is 1810. The van der Waals surface area contributed by atoms with Gasteiger partial charge in [-0.1, -0.05) is 102 Å². The van der Waals surface area contributed by atoms with Crippen LogP contribution < -0.4 is 11.1 Å². The topological polar surface area (TPSA) is 110 Å². The van der Waals surface area contributed by atoms with Crippen molar-refractivity contribution in [1.29, 1.82) is 0 Å². The average molecular weight is 649 g/mol. The lowest BCUT2D eigenvalue weighted by atomic mass is 9.88. The summed E-state index contributed by atoms with van der Waals surface area (Å²) in [5, 5.41) is 3.67. The Morgan fingerprint density at radius 1 is 0.886 bits per heavy atom. The fourth-order valence-electron chi connectivity index (χ4n) is 5.54. The molecule has 5 rings (SSSR count). The van der Waals surface area contributed by atoms with Crippen molar-refractivity contribution in [2.45, 2.75) is 42.8 Å². The zero-order valence-corrected chi connectivity index (χ0v) is 26.2. The number of hydrogen-bond acceptors (Lipinski definition) is 4. The molecule has 0 bridgehead atoms. The lowest BCUT2D eigenvalue weighted by Crippen LogP contribution is -2.49. The number of amides is 2. The van der Waals surface area contributed by atoms with E-state index in [4.69, 9.17) is 28.9 Å². The van der Waals surface area contributed by atoms with Crippen molar-refractivity contribution >= 4 is 45.0 Å². The van der Waals surface area contributed by atoms with Crippen LogP contribution >= 0.6 is 23.2 Å². The summed E-state index contributed by atoms with van der Waals surface area (Å²) in [5.41, 5.74) is 8.45. The van der Waals surface area contributed by atoms with Crippen LogP contribution in [0, 0.1) is 6.92 Å². The van der Waals surface area contributed by atoms with Crippen LogP contribution in [0.3, 0.4) is 0 Å². The number of hydrogen-bond donors (Lipinski definition) is 2. The first-order valence-corrected chi connectivity index (χ1v) is 16.2. The maximum absolute atomic E-state index is 14.7. The van der Waals surface area contributed by atoms with E-state index < -0.39 is 40.0 Å². The van der Waals surface area contributed by atoms with Gasteiger partial charge in [-0.05, 0) is 65.9 Å². The van der Waals surface area contributed by atoms with Gasteiger partial charge < -0.3 is 11.1 Å². The van der Waals surface area contributed by atoms with Crippen molar-refractivity contribution in [3.63, 3.8) is 0 Å². The number of primary amides is 1. The third-order valence-corrected chi connectivity index (χ3v) is 10.2. The minimum atomic E-state index is -4.23. The second kappa shape index (κ2) is 13.4. The molecular weight excluding hydrogens is 617 g/mol. The standard InChI is InChI=1S/C34H31Cl2N3O4S/c1-22-8-5-6-13-31(22)44(42,43)39-30(24-14-16-26(35)17-15-24)19-18-28(32(39)25-11-7-12-27(36)21-25)34(41)38-29(33(37)40)20-23-9-3-2-4-10-23/h2-18,21,29-30,32H,19-20H2,1H3,(H2,37,40)(H,38,41)/t29-,30?,32?/m0/s1. The summed E-state index contributed by atoms with van der Waals surface area (Å²) in [4.78, 5) is 26.7. The van der Waals surface area contributed by atoms with Gasteiger partial charge in [0.2, 0.25) is 21.8 Å². The average Bonchev–Trinajstić information content (AvgIpc) is 3.01. The van der Waals surface area contributed by atoms with Crippen LogP contribution in [0.5, 0.6) is 0 Å². The number of nitrogens with one attached hydrogen (secondary N) is 1. The molecule has 4 aromatic rings. The van der Waals surface area contributed by atoms with Crippen LogP contribution in [0.25, 0.3) is 0 Å². The van der Waals surface area contributed by atoms with Crippen LogP contribution in [0.15, 0.2) is 120 Å². The van der Waals surface area contributed by atoms with Crippen LogP contribution in [0.2, 0.25) is 10.0 Å². The summed E-state index contributed by atoms with van der Waals surface area (Å²) in [5.74, 6) is -1.31. The molecule has 2 unspecified atom stereocenters. The van der Waals surface area contributed by atoms with Crippen molar-refractivity contribution in [1.82, 2.24) is 9.62 Å².